The van der Waals surface area contributed by atoms with E-state index < -0.39 is 0 Å². The molecule has 228 valence electrons. The minimum atomic E-state index is 0.908. The molecule has 0 radical (unpaired) electrons. The van der Waals surface area contributed by atoms with Crippen LogP contribution in [0.15, 0.2) is 186 Å². The molecule has 0 unspecified atom stereocenters. The van der Waals surface area contributed by atoms with Crippen LogP contribution < -0.4 is 0 Å². The highest BCUT2D eigenvalue weighted by atomic mass is 16.3. The van der Waals surface area contributed by atoms with Crippen LogP contribution in [0.4, 0.5) is 0 Å². The summed E-state index contributed by atoms with van der Waals surface area (Å²) in [5.74, 6) is 0. The SMILES string of the molecule is c1ccc(-c2ccc(-c3ccccc3)c3c(-c4c5ccccc5c(-c5ccc6c(c5)oc5ccccc56)c5ccccc45)cccc23)cc1. The maximum atomic E-state index is 6.38. The van der Waals surface area contributed by atoms with Crippen molar-refractivity contribution in [1.82, 2.24) is 0 Å². The maximum absolute atomic E-state index is 6.38. The van der Waals surface area contributed by atoms with Crippen molar-refractivity contribution in [1.29, 1.82) is 0 Å². The molecule has 0 aliphatic heterocycles. The van der Waals surface area contributed by atoms with Crippen molar-refractivity contribution in [2.45, 2.75) is 0 Å². The van der Waals surface area contributed by atoms with Gasteiger partial charge in [0.2, 0.25) is 0 Å². The van der Waals surface area contributed by atoms with Crippen molar-refractivity contribution in [3.8, 4) is 44.5 Å². The molecule has 0 amide bonds. The van der Waals surface area contributed by atoms with Gasteiger partial charge in [-0.15, -0.1) is 0 Å². The molecular weight excluding hydrogens is 593 g/mol. The lowest BCUT2D eigenvalue weighted by molar-refractivity contribution is 0.669. The van der Waals surface area contributed by atoms with Crippen LogP contribution in [0.3, 0.4) is 0 Å². The number of furan rings is 1. The zero-order chi connectivity index (χ0) is 32.3. The molecule has 0 spiro atoms. The van der Waals surface area contributed by atoms with Gasteiger partial charge >= 0.3 is 0 Å². The van der Waals surface area contributed by atoms with Gasteiger partial charge in [-0.05, 0) is 95.0 Å². The van der Waals surface area contributed by atoms with Crippen LogP contribution in [0.25, 0.3) is 98.8 Å². The summed E-state index contributed by atoms with van der Waals surface area (Å²) in [7, 11) is 0. The molecule has 1 aromatic heterocycles. The third-order valence-corrected chi connectivity index (χ3v) is 10.1. The van der Waals surface area contributed by atoms with Gasteiger partial charge in [0, 0.05) is 10.8 Å². The van der Waals surface area contributed by atoms with Gasteiger partial charge in [0.25, 0.3) is 0 Å². The second kappa shape index (κ2) is 11.1. The van der Waals surface area contributed by atoms with E-state index in [1.54, 1.807) is 0 Å². The summed E-state index contributed by atoms with van der Waals surface area (Å²) in [5, 5.41) is 9.72. The molecule has 1 nitrogen and oxygen atoms in total. The van der Waals surface area contributed by atoms with E-state index in [1.165, 1.54) is 71.3 Å². The topological polar surface area (TPSA) is 13.1 Å². The Kier molecular flexibility index (Phi) is 6.25. The highest BCUT2D eigenvalue weighted by molar-refractivity contribution is 6.25. The quantitative estimate of drug-likeness (QED) is 0.178. The Morgan fingerprint density at radius 3 is 1.45 bits per heavy atom. The van der Waals surface area contributed by atoms with E-state index in [1.807, 2.05) is 12.1 Å². The Hall–Kier alpha value is -6.44. The van der Waals surface area contributed by atoms with Gasteiger partial charge in [0.05, 0.1) is 0 Å². The number of hydrogen-bond donors (Lipinski definition) is 0. The third-order valence-electron chi connectivity index (χ3n) is 10.1. The lowest BCUT2D eigenvalue weighted by Gasteiger charge is -2.21. The number of para-hydroxylation sites is 1. The molecule has 0 aliphatic rings. The first kappa shape index (κ1) is 27.7. The van der Waals surface area contributed by atoms with Gasteiger partial charge in [-0.2, -0.15) is 0 Å². The summed E-state index contributed by atoms with van der Waals surface area (Å²) in [5.41, 5.74) is 11.6. The fraction of sp³-hybridized carbons (Fsp3) is 0. The zero-order valence-corrected chi connectivity index (χ0v) is 26.7. The number of rotatable bonds is 4. The highest BCUT2D eigenvalue weighted by Gasteiger charge is 2.21. The maximum Gasteiger partial charge on any atom is 0.136 e. The van der Waals surface area contributed by atoms with Gasteiger partial charge in [-0.1, -0.05) is 164 Å². The van der Waals surface area contributed by atoms with Crippen molar-refractivity contribution in [3.63, 3.8) is 0 Å². The van der Waals surface area contributed by atoms with Crippen LogP contribution in [0.5, 0.6) is 0 Å². The molecular formula is C48H30O. The van der Waals surface area contributed by atoms with Gasteiger partial charge in [0.1, 0.15) is 11.2 Å². The predicted octanol–water partition coefficient (Wildman–Crippen LogP) is 13.7. The van der Waals surface area contributed by atoms with Crippen molar-refractivity contribution in [2.24, 2.45) is 0 Å². The number of benzene rings is 9. The molecule has 9 aromatic carbocycles. The van der Waals surface area contributed by atoms with Crippen molar-refractivity contribution in [3.05, 3.63) is 182 Å². The second-order valence-corrected chi connectivity index (χ2v) is 12.8. The summed E-state index contributed by atoms with van der Waals surface area (Å²) >= 11 is 0. The molecule has 0 saturated heterocycles. The number of hydrogen-bond acceptors (Lipinski definition) is 1. The van der Waals surface area contributed by atoms with Gasteiger partial charge in [-0.25, -0.2) is 0 Å². The van der Waals surface area contributed by atoms with E-state index in [4.69, 9.17) is 4.42 Å². The Morgan fingerprint density at radius 1 is 0.265 bits per heavy atom. The number of fused-ring (bicyclic) bond motifs is 6. The van der Waals surface area contributed by atoms with Crippen molar-refractivity contribution < 1.29 is 4.42 Å². The van der Waals surface area contributed by atoms with Gasteiger partial charge in [0.15, 0.2) is 0 Å². The Morgan fingerprint density at radius 2 is 0.776 bits per heavy atom. The van der Waals surface area contributed by atoms with Crippen LogP contribution in [0.1, 0.15) is 0 Å². The van der Waals surface area contributed by atoms with Crippen LogP contribution in [-0.2, 0) is 0 Å². The molecule has 49 heavy (non-hydrogen) atoms. The Bertz CT molecular complexity index is 2800. The molecule has 0 bridgehead atoms. The minimum Gasteiger partial charge on any atom is -0.456 e. The molecule has 10 aromatic rings. The molecule has 0 fully saturated rings. The largest absolute Gasteiger partial charge is 0.456 e. The molecule has 10 rings (SSSR count). The summed E-state index contributed by atoms with van der Waals surface area (Å²) in [6.07, 6.45) is 0. The van der Waals surface area contributed by atoms with Crippen molar-refractivity contribution in [2.75, 3.05) is 0 Å². The zero-order valence-electron chi connectivity index (χ0n) is 26.7. The average molecular weight is 623 g/mol. The summed E-state index contributed by atoms with van der Waals surface area (Å²) in [6, 6.07) is 65.8. The monoisotopic (exact) mass is 622 g/mol. The normalized spacial score (nSPS) is 11.7. The smallest absolute Gasteiger partial charge is 0.136 e. The van der Waals surface area contributed by atoms with Gasteiger partial charge in [-0.3, -0.25) is 0 Å². The van der Waals surface area contributed by atoms with E-state index in [0.717, 1.165) is 27.5 Å². The molecule has 1 heteroatoms. The van der Waals surface area contributed by atoms with Crippen LogP contribution >= 0.6 is 0 Å². The summed E-state index contributed by atoms with van der Waals surface area (Å²) in [6.45, 7) is 0. The Balaban J connectivity index is 1.32. The predicted molar refractivity (Wildman–Crippen MR) is 208 cm³/mol. The molecule has 0 saturated carbocycles. The van der Waals surface area contributed by atoms with E-state index >= 15 is 0 Å². The van der Waals surface area contributed by atoms with Crippen LogP contribution in [0, 0.1) is 0 Å². The molecule has 1 heterocycles. The fourth-order valence-electron chi connectivity index (χ4n) is 7.95. The van der Waals surface area contributed by atoms with E-state index in [-0.39, 0.29) is 0 Å². The van der Waals surface area contributed by atoms with Crippen LogP contribution in [0.2, 0.25) is 0 Å². The third kappa shape index (κ3) is 4.33. The standard InChI is InChI=1S/C48H30O/c1-3-14-31(15-4-1)34-28-29-35(32-16-5-2-6-17-32)47-38(34)23-13-24-43(47)48-41-21-9-7-19-39(41)46(40-20-8-10-22-42(40)48)33-26-27-37-36-18-11-12-25-44(36)49-45(37)30-33/h1-30H. The van der Waals surface area contributed by atoms with Gasteiger partial charge < -0.3 is 4.42 Å². The first-order valence-electron chi connectivity index (χ1n) is 16.9. The highest BCUT2D eigenvalue weighted by Crippen LogP contribution is 2.48. The van der Waals surface area contributed by atoms with E-state index in [9.17, 15) is 0 Å². The molecule has 0 N–H and O–H groups in total. The first-order chi connectivity index (χ1) is 24.3. The Labute approximate surface area is 284 Å². The lowest BCUT2D eigenvalue weighted by Crippen LogP contribution is -1.93. The first-order valence-corrected chi connectivity index (χ1v) is 16.9. The summed E-state index contributed by atoms with van der Waals surface area (Å²) < 4.78 is 6.38. The van der Waals surface area contributed by atoms with Crippen molar-refractivity contribution >= 4 is 54.3 Å². The fourth-order valence-corrected chi connectivity index (χ4v) is 7.95. The van der Waals surface area contributed by atoms with E-state index in [0.29, 0.717) is 0 Å². The summed E-state index contributed by atoms with van der Waals surface area (Å²) in [4.78, 5) is 0. The molecule has 0 atom stereocenters. The average Bonchev–Trinajstić information content (AvgIpc) is 3.55. The minimum absolute atomic E-state index is 0.908. The molecule has 0 aliphatic carbocycles. The van der Waals surface area contributed by atoms with E-state index in [2.05, 4.69) is 170 Å². The lowest BCUT2D eigenvalue weighted by atomic mass is 9.82. The van der Waals surface area contributed by atoms with Crippen LogP contribution in [-0.4, -0.2) is 0 Å². The second-order valence-electron chi connectivity index (χ2n) is 12.8.